The number of benzene rings is 2. The Morgan fingerprint density at radius 2 is 1.67 bits per heavy atom. The summed E-state index contributed by atoms with van der Waals surface area (Å²) in [6, 6.07) is 13.7. The summed E-state index contributed by atoms with van der Waals surface area (Å²) in [5.41, 5.74) is 2.02. The molecule has 21 heavy (non-hydrogen) atoms. The number of carbonyl (C=O) groups excluding carboxylic acids is 1. The summed E-state index contributed by atoms with van der Waals surface area (Å²) in [6.07, 6.45) is 0. The monoisotopic (exact) mass is 323 g/mol. The summed E-state index contributed by atoms with van der Waals surface area (Å²) in [6.45, 7) is 0.493. The zero-order valence-corrected chi connectivity index (χ0v) is 12.9. The smallest absolute Gasteiger partial charge is 0.230 e. The van der Waals surface area contributed by atoms with Gasteiger partial charge in [-0.1, -0.05) is 35.9 Å². The number of thioether (sulfide) groups is 1. The van der Waals surface area contributed by atoms with Gasteiger partial charge in [-0.05, 0) is 35.4 Å². The van der Waals surface area contributed by atoms with Gasteiger partial charge in [-0.15, -0.1) is 11.8 Å². The van der Waals surface area contributed by atoms with Gasteiger partial charge in [-0.25, -0.2) is 4.39 Å². The summed E-state index contributed by atoms with van der Waals surface area (Å²) in [5.74, 6) is 0.807. The van der Waals surface area contributed by atoms with E-state index in [4.69, 9.17) is 11.6 Å². The van der Waals surface area contributed by atoms with E-state index in [2.05, 4.69) is 5.32 Å². The molecule has 0 fully saturated rings. The van der Waals surface area contributed by atoms with Gasteiger partial charge >= 0.3 is 0 Å². The average Bonchev–Trinajstić information content (AvgIpc) is 2.49. The van der Waals surface area contributed by atoms with E-state index in [0.29, 0.717) is 23.1 Å². The molecule has 2 nitrogen and oxygen atoms in total. The highest BCUT2D eigenvalue weighted by atomic mass is 35.5. The Kier molecular flexibility index (Phi) is 6.08. The van der Waals surface area contributed by atoms with Crippen molar-refractivity contribution in [2.75, 3.05) is 5.75 Å². The minimum atomic E-state index is -0.246. The molecule has 2 aromatic rings. The van der Waals surface area contributed by atoms with Crippen LogP contribution >= 0.6 is 23.4 Å². The normalized spacial score (nSPS) is 10.4. The van der Waals surface area contributed by atoms with Gasteiger partial charge in [-0.3, -0.25) is 4.79 Å². The number of rotatable bonds is 6. The summed E-state index contributed by atoms with van der Waals surface area (Å²) in [4.78, 5) is 11.7. The summed E-state index contributed by atoms with van der Waals surface area (Å²) >= 11 is 7.30. The van der Waals surface area contributed by atoms with Crippen LogP contribution in [0.25, 0.3) is 0 Å². The number of halogens is 2. The second-order valence-corrected chi connectivity index (χ2v) is 5.94. The molecule has 110 valence electrons. The van der Waals surface area contributed by atoms with Gasteiger partial charge in [0.05, 0.1) is 5.75 Å². The highest BCUT2D eigenvalue weighted by Crippen LogP contribution is 2.13. The molecule has 5 heteroatoms. The van der Waals surface area contributed by atoms with E-state index in [1.54, 1.807) is 24.3 Å². The van der Waals surface area contributed by atoms with E-state index in [1.807, 2.05) is 12.1 Å². The quantitative estimate of drug-likeness (QED) is 0.869. The van der Waals surface area contributed by atoms with Crippen molar-refractivity contribution in [3.63, 3.8) is 0 Å². The molecule has 0 spiro atoms. The first kappa shape index (κ1) is 15.9. The molecule has 0 atom stereocenters. The molecule has 2 aromatic carbocycles. The van der Waals surface area contributed by atoms with Gasteiger partial charge in [0.2, 0.25) is 5.91 Å². The highest BCUT2D eigenvalue weighted by Gasteiger charge is 2.02. The molecule has 0 aliphatic rings. The van der Waals surface area contributed by atoms with Crippen molar-refractivity contribution in [2.24, 2.45) is 0 Å². The molecule has 0 saturated carbocycles. The van der Waals surface area contributed by atoms with Crippen molar-refractivity contribution in [1.82, 2.24) is 5.32 Å². The fourth-order valence-electron chi connectivity index (χ4n) is 1.70. The van der Waals surface area contributed by atoms with Crippen LogP contribution in [-0.2, 0) is 17.1 Å². The van der Waals surface area contributed by atoms with Crippen LogP contribution in [0.3, 0.4) is 0 Å². The zero-order chi connectivity index (χ0) is 15.1. The third kappa shape index (κ3) is 5.78. The molecule has 0 aliphatic carbocycles. The predicted octanol–water partition coefficient (Wildman–Crippen LogP) is 4.03. The van der Waals surface area contributed by atoms with Gasteiger partial charge in [0.25, 0.3) is 0 Å². The summed E-state index contributed by atoms with van der Waals surface area (Å²) < 4.78 is 12.7. The minimum Gasteiger partial charge on any atom is -0.351 e. The maximum atomic E-state index is 12.7. The predicted molar refractivity (Wildman–Crippen MR) is 85.9 cm³/mol. The molecule has 0 aromatic heterocycles. The number of carbonyl (C=O) groups is 1. The fraction of sp³-hybridized carbons (Fsp3) is 0.188. The lowest BCUT2D eigenvalue weighted by Gasteiger charge is -2.06. The van der Waals surface area contributed by atoms with Crippen LogP contribution in [0.4, 0.5) is 4.39 Å². The lowest BCUT2D eigenvalue weighted by atomic mass is 10.2. The van der Waals surface area contributed by atoms with Crippen molar-refractivity contribution in [1.29, 1.82) is 0 Å². The number of amides is 1. The average molecular weight is 324 g/mol. The Hall–Kier alpha value is -1.52. The summed E-state index contributed by atoms with van der Waals surface area (Å²) in [5, 5.41) is 3.53. The van der Waals surface area contributed by atoms with Crippen LogP contribution in [0.5, 0.6) is 0 Å². The molecule has 1 N–H and O–H groups in total. The second kappa shape index (κ2) is 8.05. The van der Waals surface area contributed by atoms with Gasteiger partial charge in [0.1, 0.15) is 5.82 Å². The van der Waals surface area contributed by atoms with E-state index < -0.39 is 0 Å². The van der Waals surface area contributed by atoms with Crippen LogP contribution in [0.2, 0.25) is 5.02 Å². The van der Waals surface area contributed by atoms with Crippen LogP contribution in [0, 0.1) is 5.82 Å². The molecule has 0 heterocycles. The van der Waals surface area contributed by atoms with Crippen molar-refractivity contribution >= 4 is 29.3 Å². The van der Waals surface area contributed by atoms with Gasteiger partial charge in [-0.2, -0.15) is 0 Å². The van der Waals surface area contributed by atoms with Crippen LogP contribution in [0.15, 0.2) is 48.5 Å². The minimum absolute atomic E-state index is 0.0166. The first-order valence-electron chi connectivity index (χ1n) is 6.47. The molecular formula is C16H15ClFNOS. The standard InChI is InChI=1S/C16H15ClFNOS/c17-14-5-1-12(2-6-14)9-19-16(20)11-21-10-13-3-7-15(18)8-4-13/h1-8H,9-11H2,(H,19,20). The Morgan fingerprint density at radius 1 is 1.05 bits per heavy atom. The Bertz CT molecular complexity index is 586. The first-order valence-corrected chi connectivity index (χ1v) is 8.00. The van der Waals surface area contributed by atoms with Crippen molar-refractivity contribution in [2.45, 2.75) is 12.3 Å². The second-order valence-electron chi connectivity index (χ2n) is 4.52. The fourth-order valence-corrected chi connectivity index (χ4v) is 2.64. The molecule has 0 aliphatic heterocycles. The van der Waals surface area contributed by atoms with Crippen molar-refractivity contribution in [3.05, 3.63) is 70.5 Å². The molecule has 0 saturated heterocycles. The number of hydrogen-bond donors (Lipinski definition) is 1. The van der Waals surface area contributed by atoms with E-state index >= 15 is 0 Å². The van der Waals surface area contributed by atoms with Crippen LogP contribution in [0.1, 0.15) is 11.1 Å². The van der Waals surface area contributed by atoms with E-state index in [9.17, 15) is 9.18 Å². The van der Waals surface area contributed by atoms with Gasteiger partial charge in [0.15, 0.2) is 0 Å². The van der Waals surface area contributed by atoms with E-state index in [1.165, 1.54) is 23.9 Å². The van der Waals surface area contributed by atoms with Gasteiger partial charge < -0.3 is 5.32 Å². The largest absolute Gasteiger partial charge is 0.351 e. The van der Waals surface area contributed by atoms with Gasteiger partial charge in [0, 0.05) is 17.3 Å². The van der Waals surface area contributed by atoms with Crippen molar-refractivity contribution < 1.29 is 9.18 Å². The topological polar surface area (TPSA) is 29.1 Å². The zero-order valence-electron chi connectivity index (χ0n) is 11.3. The van der Waals surface area contributed by atoms with E-state index in [-0.39, 0.29) is 11.7 Å². The Balaban J connectivity index is 1.67. The molecular weight excluding hydrogens is 309 g/mol. The Morgan fingerprint density at radius 3 is 2.33 bits per heavy atom. The third-order valence-corrected chi connectivity index (χ3v) is 4.07. The first-order chi connectivity index (χ1) is 10.1. The third-order valence-electron chi connectivity index (χ3n) is 2.82. The molecule has 1 amide bonds. The number of hydrogen-bond acceptors (Lipinski definition) is 2. The molecule has 0 unspecified atom stereocenters. The van der Waals surface area contributed by atoms with Crippen LogP contribution < -0.4 is 5.32 Å². The number of nitrogens with one attached hydrogen (secondary N) is 1. The SMILES string of the molecule is O=C(CSCc1ccc(F)cc1)NCc1ccc(Cl)cc1. The van der Waals surface area contributed by atoms with Crippen molar-refractivity contribution in [3.8, 4) is 0 Å². The Labute approximate surface area is 132 Å². The molecule has 0 bridgehead atoms. The lowest BCUT2D eigenvalue weighted by molar-refractivity contribution is -0.118. The lowest BCUT2D eigenvalue weighted by Crippen LogP contribution is -2.24. The molecule has 2 rings (SSSR count). The highest BCUT2D eigenvalue weighted by molar-refractivity contribution is 7.99. The van der Waals surface area contributed by atoms with Crippen LogP contribution in [-0.4, -0.2) is 11.7 Å². The summed E-state index contributed by atoms with van der Waals surface area (Å²) in [7, 11) is 0. The maximum absolute atomic E-state index is 12.7. The van der Waals surface area contributed by atoms with E-state index in [0.717, 1.165) is 11.1 Å². The maximum Gasteiger partial charge on any atom is 0.230 e. The molecule has 0 radical (unpaired) electrons.